The van der Waals surface area contributed by atoms with Crippen molar-refractivity contribution in [1.82, 2.24) is 0 Å². The minimum Gasteiger partial charge on any atom is -0.490 e. The zero-order chi connectivity index (χ0) is 13.3. The third-order valence-electron chi connectivity index (χ3n) is 2.85. The van der Waals surface area contributed by atoms with E-state index in [1.54, 1.807) is 0 Å². The van der Waals surface area contributed by atoms with Crippen molar-refractivity contribution in [1.29, 1.82) is 5.26 Å². The molecule has 0 aromatic heterocycles. The summed E-state index contributed by atoms with van der Waals surface area (Å²) in [6, 6.07) is 4.95. The van der Waals surface area contributed by atoms with E-state index in [0.29, 0.717) is 12.8 Å². The first-order chi connectivity index (χ1) is 8.40. The van der Waals surface area contributed by atoms with Crippen molar-refractivity contribution in [3.8, 4) is 11.8 Å². The van der Waals surface area contributed by atoms with Crippen LogP contribution in [-0.2, 0) is 6.18 Å². The number of hydrogen-bond acceptors (Lipinski definition) is 3. The predicted octanol–water partition coefficient (Wildman–Crippen LogP) is 2.87. The summed E-state index contributed by atoms with van der Waals surface area (Å²) in [6.45, 7) is 0. The molecular formula is C12H12ClF3N2O. The maximum atomic E-state index is 12.7. The number of nitrogens with zero attached hydrogens (tertiary/aromatic N) is 1. The lowest BCUT2D eigenvalue weighted by Gasteiger charge is -2.32. The number of nitriles is 1. The highest BCUT2D eigenvalue weighted by molar-refractivity contribution is 5.85. The van der Waals surface area contributed by atoms with Gasteiger partial charge in [-0.1, -0.05) is 0 Å². The molecule has 0 heterocycles. The van der Waals surface area contributed by atoms with E-state index in [4.69, 9.17) is 15.7 Å². The normalized spacial score (nSPS) is 21.8. The van der Waals surface area contributed by atoms with Gasteiger partial charge in [0, 0.05) is 6.04 Å². The lowest BCUT2D eigenvalue weighted by atomic mass is 9.90. The van der Waals surface area contributed by atoms with E-state index in [9.17, 15) is 13.2 Å². The molecule has 0 radical (unpaired) electrons. The zero-order valence-corrected chi connectivity index (χ0v) is 10.6. The number of ether oxygens (including phenoxy) is 1. The minimum absolute atomic E-state index is 0. The van der Waals surface area contributed by atoms with Gasteiger partial charge in [-0.05, 0) is 31.0 Å². The summed E-state index contributed by atoms with van der Waals surface area (Å²) < 4.78 is 43.4. The van der Waals surface area contributed by atoms with Gasteiger partial charge in [-0.25, -0.2) is 0 Å². The van der Waals surface area contributed by atoms with Crippen molar-refractivity contribution in [2.45, 2.75) is 31.2 Å². The number of rotatable bonds is 2. The van der Waals surface area contributed by atoms with Crippen molar-refractivity contribution >= 4 is 12.4 Å². The van der Waals surface area contributed by atoms with E-state index in [0.717, 1.165) is 12.1 Å². The second-order valence-electron chi connectivity index (χ2n) is 4.29. The van der Waals surface area contributed by atoms with Crippen LogP contribution in [-0.4, -0.2) is 12.1 Å². The Bertz CT molecular complexity index is 493. The fourth-order valence-electron chi connectivity index (χ4n) is 1.82. The molecule has 0 saturated heterocycles. The molecule has 0 aliphatic heterocycles. The maximum Gasteiger partial charge on any atom is 0.417 e. The van der Waals surface area contributed by atoms with Gasteiger partial charge >= 0.3 is 6.18 Å². The van der Waals surface area contributed by atoms with Gasteiger partial charge in [0.1, 0.15) is 11.9 Å². The number of alkyl halides is 3. The van der Waals surface area contributed by atoms with E-state index in [2.05, 4.69) is 0 Å². The minimum atomic E-state index is -4.56. The number of nitrogens with two attached hydrogens (primary N) is 1. The Morgan fingerprint density at radius 3 is 2.42 bits per heavy atom. The average molecular weight is 293 g/mol. The maximum absolute atomic E-state index is 12.7. The molecule has 0 bridgehead atoms. The van der Waals surface area contributed by atoms with Gasteiger partial charge in [0.05, 0.1) is 17.2 Å². The van der Waals surface area contributed by atoms with Crippen LogP contribution in [0.2, 0.25) is 0 Å². The molecule has 0 spiro atoms. The van der Waals surface area contributed by atoms with Crippen molar-refractivity contribution in [2.75, 3.05) is 0 Å². The van der Waals surface area contributed by atoms with Crippen LogP contribution >= 0.6 is 12.4 Å². The third kappa shape index (κ3) is 3.52. The molecule has 0 amide bonds. The second-order valence-corrected chi connectivity index (χ2v) is 4.29. The molecule has 1 aromatic carbocycles. The molecule has 1 aliphatic rings. The van der Waals surface area contributed by atoms with Gasteiger partial charge < -0.3 is 10.5 Å². The van der Waals surface area contributed by atoms with Gasteiger partial charge in [0.2, 0.25) is 0 Å². The molecule has 0 atom stereocenters. The Labute approximate surface area is 114 Å². The Kier molecular flexibility index (Phi) is 4.66. The SMILES string of the molecule is Cl.N#Cc1ccc(OC2CC(N)C2)cc1C(F)(F)F. The summed E-state index contributed by atoms with van der Waals surface area (Å²) in [4.78, 5) is 0. The highest BCUT2D eigenvalue weighted by Gasteiger charge is 2.35. The van der Waals surface area contributed by atoms with Crippen LogP contribution in [0.1, 0.15) is 24.0 Å². The smallest absolute Gasteiger partial charge is 0.417 e. The van der Waals surface area contributed by atoms with Gasteiger partial charge in [0.15, 0.2) is 0 Å². The van der Waals surface area contributed by atoms with Crippen molar-refractivity contribution in [2.24, 2.45) is 5.73 Å². The second kappa shape index (κ2) is 5.68. The average Bonchev–Trinajstić information content (AvgIpc) is 2.26. The largest absolute Gasteiger partial charge is 0.490 e. The monoisotopic (exact) mass is 292 g/mol. The molecule has 19 heavy (non-hydrogen) atoms. The Balaban J connectivity index is 0.00000180. The first kappa shape index (κ1) is 15.6. The molecule has 7 heteroatoms. The number of halogens is 4. The predicted molar refractivity (Wildman–Crippen MR) is 65.0 cm³/mol. The lowest BCUT2D eigenvalue weighted by molar-refractivity contribution is -0.138. The van der Waals surface area contributed by atoms with E-state index in [1.165, 1.54) is 12.1 Å². The number of benzene rings is 1. The molecule has 1 aliphatic carbocycles. The van der Waals surface area contributed by atoms with Gasteiger partial charge in [-0.3, -0.25) is 0 Å². The van der Waals surface area contributed by atoms with Gasteiger partial charge in [0.25, 0.3) is 0 Å². The summed E-state index contributed by atoms with van der Waals surface area (Å²) in [5.41, 5.74) is 4.20. The summed E-state index contributed by atoms with van der Waals surface area (Å²) in [6.07, 6.45) is -3.41. The van der Waals surface area contributed by atoms with Crippen LogP contribution in [0.15, 0.2) is 18.2 Å². The van der Waals surface area contributed by atoms with Crippen LogP contribution in [0.3, 0.4) is 0 Å². The van der Waals surface area contributed by atoms with Gasteiger partial charge in [-0.2, -0.15) is 18.4 Å². The standard InChI is InChI=1S/C12H11F3N2O.ClH/c13-12(14,15)11-5-9(2-1-7(11)6-16)18-10-3-8(17)4-10;/h1-2,5,8,10H,3-4,17H2;1H. The van der Waals surface area contributed by atoms with Crippen molar-refractivity contribution < 1.29 is 17.9 Å². The fourth-order valence-corrected chi connectivity index (χ4v) is 1.82. The summed E-state index contributed by atoms with van der Waals surface area (Å²) in [5.74, 6) is 0.123. The lowest BCUT2D eigenvalue weighted by Crippen LogP contribution is -2.43. The third-order valence-corrected chi connectivity index (χ3v) is 2.85. The first-order valence-electron chi connectivity index (χ1n) is 5.43. The molecule has 1 aromatic rings. The molecule has 2 rings (SSSR count). The van der Waals surface area contributed by atoms with Crippen LogP contribution in [0.25, 0.3) is 0 Å². The quantitative estimate of drug-likeness (QED) is 0.912. The summed E-state index contributed by atoms with van der Waals surface area (Å²) in [7, 11) is 0. The van der Waals surface area contributed by atoms with Crippen molar-refractivity contribution in [3.05, 3.63) is 29.3 Å². The molecule has 0 unspecified atom stereocenters. The molecule has 1 fully saturated rings. The summed E-state index contributed by atoms with van der Waals surface area (Å²) >= 11 is 0. The molecule has 1 saturated carbocycles. The topological polar surface area (TPSA) is 59.0 Å². The highest BCUT2D eigenvalue weighted by Crippen LogP contribution is 2.35. The Morgan fingerprint density at radius 2 is 1.95 bits per heavy atom. The number of hydrogen-bond donors (Lipinski definition) is 1. The van der Waals surface area contributed by atoms with Crippen molar-refractivity contribution in [3.63, 3.8) is 0 Å². The van der Waals surface area contributed by atoms with Crippen LogP contribution in [0.5, 0.6) is 5.75 Å². The van der Waals surface area contributed by atoms with Crippen LogP contribution in [0.4, 0.5) is 13.2 Å². The van der Waals surface area contributed by atoms with Gasteiger partial charge in [-0.15, -0.1) is 12.4 Å². The molecular weight excluding hydrogens is 281 g/mol. The van der Waals surface area contributed by atoms with E-state index >= 15 is 0 Å². The zero-order valence-electron chi connectivity index (χ0n) is 9.78. The van der Waals surface area contributed by atoms with E-state index in [-0.39, 0.29) is 30.3 Å². The van der Waals surface area contributed by atoms with Crippen LogP contribution in [0, 0.1) is 11.3 Å². The summed E-state index contributed by atoms with van der Waals surface area (Å²) in [5, 5.41) is 8.64. The van der Waals surface area contributed by atoms with E-state index in [1.807, 2.05) is 0 Å². The Morgan fingerprint density at radius 1 is 1.32 bits per heavy atom. The van der Waals surface area contributed by atoms with E-state index < -0.39 is 17.3 Å². The Hall–Kier alpha value is -1.45. The molecule has 104 valence electrons. The highest BCUT2D eigenvalue weighted by atomic mass is 35.5. The first-order valence-corrected chi connectivity index (χ1v) is 5.43. The molecule has 2 N–H and O–H groups in total. The van der Waals surface area contributed by atoms with Crippen LogP contribution < -0.4 is 10.5 Å². The molecule has 3 nitrogen and oxygen atoms in total. The fraction of sp³-hybridized carbons (Fsp3) is 0.417.